The summed E-state index contributed by atoms with van der Waals surface area (Å²) in [5, 5.41) is 8.26. The predicted molar refractivity (Wildman–Crippen MR) is 73.4 cm³/mol. The lowest BCUT2D eigenvalue weighted by molar-refractivity contribution is 0.178. The van der Waals surface area contributed by atoms with Crippen LogP contribution in [-0.4, -0.2) is 30.0 Å². The van der Waals surface area contributed by atoms with Crippen molar-refractivity contribution in [3.05, 3.63) is 16.4 Å². The van der Waals surface area contributed by atoms with E-state index in [4.69, 9.17) is 4.74 Å². The first-order valence-electron chi connectivity index (χ1n) is 6.73. The van der Waals surface area contributed by atoms with Gasteiger partial charge < -0.3 is 10.1 Å². The third-order valence-electron chi connectivity index (χ3n) is 4.19. The van der Waals surface area contributed by atoms with E-state index in [1.807, 2.05) is 6.20 Å². The quantitative estimate of drug-likeness (QED) is 0.906. The molecule has 2 aliphatic rings. The van der Waals surface area contributed by atoms with Crippen molar-refractivity contribution in [2.24, 2.45) is 5.92 Å². The second kappa shape index (κ2) is 4.94. The van der Waals surface area contributed by atoms with Crippen LogP contribution in [0.4, 0.5) is 0 Å². The molecule has 2 fully saturated rings. The van der Waals surface area contributed by atoms with Crippen LogP contribution in [0.3, 0.4) is 0 Å². The van der Waals surface area contributed by atoms with Gasteiger partial charge >= 0.3 is 0 Å². The van der Waals surface area contributed by atoms with Crippen LogP contribution >= 0.6 is 15.9 Å². The molecule has 0 radical (unpaired) electrons. The second-order valence-electron chi connectivity index (χ2n) is 5.33. The summed E-state index contributed by atoms with van der Waals surface area (Å²) < 4.78 is 8.44. The fourth-order valence-electron chi connectivity index (χ4n) is 3.24. The highest BCUT2D eigenvalue weighted by atomic mass is 79.9. The Morgan fingerprint density at radius 3 is 3.06 bits per heavy atom. The minimum absolute atomic E-state index is 0.156. The van der Waals surface area contributed by atoms with Gasteiger partial charge in [0.05, 0.1) is 35.1 Å². The summed E-state index contributed by atoms with van der Waals surface area (Å²) in [5.74, 6) is 0.786. The van der Waals surface area contributed by atoms with Crippen LogP contribution in [0, 0.1) is 5.92 Å². The Morgan fingerprint density at radius 1 is 1.61 bits per heavy atom. The lowest BCUT2D eigenvalue weighted by Crippen LogP contribution is -2.41. The van der Waals surface area contributed by atoms with Gasteiger partial charge in [0.15, 0.2) is 0 Å². The summed E-state index contributed by atoms with van der Waals surface area (Å²) in [6.07, 6.45) is 7.10. The maximum atomic E-state index is 5.19. The smallest absolute Gasteiger partial charge is 0.0730 e. The molecule has 1 aromatic heterocycles. The maximum Gasteiger partial charge on any atom is 0.0730 e. The number of methoxy groups -OCH3 is 1. The average Bonchev–Trinajstić information content (AvgIpc) is 3.01. The minimum atomic E-state index is 0.156. The van der Waals surface area contributed by atoms with Crippen molar-refractivity contribution in [3.63, 3.8) is 0 Å². The topological polar surface area (TPSA) is 39.1 Å². The monoisotopic (exact) mass is 313 g/mol. The van der Waals surface area contributed by atoms with E-state index >= 15 is 0 Å². The number of rotatable bonds is 5. The third-order valence-corrected chi connectivity index (χ3v) is 4.77. The lowest BCUT2D eigenvalue weighted by Gasteiger charge is -2.31. The van der Waals surface area contributed by atoms with Gasteiger partial charge in [-0.25, -0.2) is 0 Å². The molecule has 5 heteroatoms. The Kier molecular flexibility index (Phi) is 3.47. The molecule has 0 amide bonds. The van der Waals surface area contributed by atoms with E-state index in [0.717, 1.165) is 23.5 Å². The van der Waals surface area contributed by atoms with Crippen LogP contribution in [0.5, 0.6) is 0 Å². The molecular formula is C13H20BrN3O. The average molecular weight is 314 g/mol. The van der Waals surface area contributed by atoms with Gasteiger partial charge in [0.2, 0.25) is 0 Å². The predicted octanol–water partition coefficient (Wildman–Crippen LogP) is 2.28. The fraction of sp³-hybridized carbons (Fsp3) is 0.769. The van der Waals surface area contributed by atoms with E-state index in [-0.39, 0.29) is 5.54 Å². The minimum Gasteiger partial charge on any atom is -0.383 e. The van der Waals surface area contributed by atoms with E-state index in [2.05, 4.69) is 31.0 Å². The molecule has 0 aromatic carbocycles. The molecule has 1 atom stereocenters. The fourth-order valence-corrected chi connectivity index (χ4v) is 3.89. The Morgan fingerprint density at radius 2 is 2.44 bits per heavy atom. The first-order chi connectivity index (χ1) is 8.78. The van der Waals surface area contributed by atoms with Crippen LogP contribution in [0.1, 0.15) is 31.4 Å². The number of ether oxygens (including phenoxy) is 1. The first-order valence-corrected chi connectivity index (χ1v) is 7.53. The van der Waals surface area contributed by atoms with Crippen LogP contribution in [0.15, 0.2) is 10.7 Å². The van der Waals surface area contributed by atoms with Gasteiger partial charge in [-0.05, 0) is 54.1 Å². The summed E-state index contributed by atoms with van der Waals surface area (Å²) in [4.78, 5) is 0. The zero-order chi connectivity index (χ0) is 12.6. The van der Waals surface area contributed by atoms with Crippen LogP contribution < -0.4 is 5.32 Å². The molecule has 1 aliphatic heterocycles. The van der Waals surface area contributed by atoms with Crippen LogP contribution in [-0.2, 0) is 16.8 Å². The van der Waals surface area contributed by atoms with Crippen molar-refractivity contribution in [2.45, 2.75) is 37.8 Å². The molecule has 1 aromatic rings. The standard InChI is InChI=1S/C13H20BrN3O/c1-18-8-7-17-12(11(14)9-16-17)13(10-3-4-10)5-2-6-15-13/h9-10,15H,2-8H2,1H3. The maximum absolute atomic E-state index is 5.19. The molecule has 1 saturated carbocycles. The number of nitrogens with zero attached hydrogens (tertiary/aromatic N) is 2. The van der Waals surface area contributed by atoms with Crippen molar-refractivity contribution in [1.29, 1.82) is 0 Å². The number of hydrogen-bond acceptors (Lipinski definition) is 3. The summed E-state index contributed by atoms with van der Waals surface area (Å²) in [6, 6.07) is 0. The van der Waals surface area contributed by atoms with Gasteiger partial charge in [0, 0.05) is 7.11 Å². The Bertz CT molecular complexity index is 422. The van der Waals surface area contributed by atoms with E-state index in [1.54, 1.807) is 7.11 Å². The molecule has 1 aliphatic carbocycles. The molecule has 18 heavy (non-hydrogen) atoms. The second-order valence-corrected chi connectivity index (χ2v) is 6.19. The molecule has 100 valence electrons. The third kappa shape index (κ3) is 2.02. The lowest BCUT2D eigenvalue weighted by atomic mass is 9.87. The van der Waals surface area contributed by atoms with Gasteiger partial charge in [-0.15, -0.1) is 0 Å². The van der Waals surface area contributed by atoms with E-state index in [9.17, 15) is 0 Å². The SMILES string of the molecule is COCCn1ncc(Br)c1C1(C2CC2)CCCN1. The highest BCUT2D eigenvalue weighted by Gasteiger charge is 2.50. The van der Waals surface area contributed by atoms with Crippen molar-refractivity contribution < 1.29 is 4.74 Å². The summed E-state index contributed by atoms with van der Waals surface area (Å²) >= 11 is 3.69. The number of halogens is 1. The zero-order valence-electron chi connectivity index (χ0n) is 10.8. The number of nitrogens with one attached hydrogen (secondary N) is 1. The molecule has 1 saturated heterocycles. The Balaban J connectivity index is 1.95. The van der Waals surface area contributed by atoms with Gasteiger partial charge in [0.1, 0.15) is 0 Å². The first kappa shape index (κ1) is 12.6. The number of aromatic nitrogens is 2. The molecule has 0 spiro atoms. The molecule has 0 bridgehead atoms. The van der Waals surface area contributed by atoms with Gasteiger partial charge in [-0.3, -0.25) is 4.68 Å². The normalized spacial score (nSPS) is 27.9. The highest BCUT2D eigenvalue weighted by Crippen LogP contribution is 2.51. The van der Waals surface area contributed by atoms with Crippen molar-refractivity contribution in [1.82, 2.24) is 15.1 Å². The van der Waals surface area contributed by atoms with Gasteiger partial charge in [-0.2, -0.15) is 5.10 Å². The van der Waals surface area contributed by atoms with Crippen molar-refractivity contribution in [3.8, 4) is 0 Å². The zero-order valence-corrected chi connectivity index (χ0v) is 12.4. The molecule has 3 rings (SSSR count). The number of hydrogen-bond donors (Lipinski definition) is 1. The molecule has 4 nitrogen and oxygen atoms in total. The van der Waals surface area contributed by atoms with Gasteiger partial charge in [-0.1, -0.05) is 0 Å². The summed E-state index contributed by atoms with van der Waals surface area (Å²) in [7, 11) is 1.74. The molecule has 2 heterocycles. The van der Waals surface area contributed by atoms with Crippen molar-refractivity contribution in [2.75, 3.05) is 20.3 Å². The molecule has 1 N–H and O–H groups in total. The molecular weight excluding hydrogens is 294 g/mol. The van der Waals surface area contributed by atoms with Gasteiger partial charge in [0.25, 0.3) is 0 Å². The summed E-state index contributed by atoms with van der Waals surface area (Å²) in [5.41, 5.74) is 1.49. The highest BCUT2D eigenvalue weighted by molar-refractivity contribution is 9.10. The van der Waals surface area contributed by atoms with E-state index in [1.165, 1.54) is 31.4 Å². The Labute approximate surface area is 116 Å². The van der Waals surface area contributed by atoms with Crippen LogP contribution in [0.25, 0.3) is 0 Å². The molecule has 1 unspecified atom stereocenters. The van der Waals surface area contributed by atoms with Crippen LogP contribution in [0.2, 0.25) is 0 Å². The van der Waals surface area contributed by atoms with E-state index < -0.39 is 0 Å². The Hall–Kier alpha value is -0.390. The van der Waals surface area contributed by atoms with Crippen molar-refractivity contribution >= 4 is 15.9 Å². The van der Waals surface area contributed by atoms with E-state index in [0.29, 0.717) is 6.61 Å². The largest absolute Gasteiger partial charge is 0.383 e. The summed E-state index contributed by atoms with van der Waals surface area (Å²) in [6.45, 7) is 2.66.